The zero-order valence-electron chi connectivity index (χ0n) is 14.4. The molecule has 2 aromatic rings. The van der Waals surface area contributed by atoms with E-state index in [4.69, 9.17) is 0 Å². The van der Waals surface area contributed by atoms with Gasteiger partial charge in [0.25, 0.3) is 5.69 Å². The highest BCUT2D eigenvalue weighted by Crippen LogP contribution is 2.22. The second-order valence-electron chi connectivity index (χ2n) is 6.22. The Labute approximate surface area is 150 Å². The summed E-state index contributed by atoms with van der Waals surface area (Å²) in [5.41, 5.74) is 0.943. The van der Waals surface area contributed by atoms with Gasteiger partial charge in [0.2, 0.25) is 5.91 Å². The van der Waals surface area contributed by atoms with E-state index >= 15 is 0 Å². The minimum absolute atomic E-state index is 0.00699. The summed E-state index contributed by atoms with van der Waals surface area (Å²) in [4.78, 5) is 30.7. The molecular weight excluding hydrogens is 339 g/mol. The molecule has 1 amide bonds. The van der Waals surface area contributed by atoms with Crippen LogP contribution in [0.5, 0.6) is 0 Å². The fourth-order valence-electron chi connectivity index (χ4n) is 3.00. The lowest BCUT2D eigenvalue weighted by atomic mass is 10.1. The van der Waals surface area contributed by atoms with Gasteiger partial charge in [0.15, 0.2) is 0 Å². The van der Waals surface area contributed by atoms with Crippen LogP contribution in [0.3, 0.4) is 0 Å². The lowest BCUT2D eigenvalue weighted by Gasteiger charge is -2.35. The van der Waals surface area contributed by atoms with Crippen molar-refractivity contribution in [3.05, 3.63) is 63.6 Å². The van der Waals surface area contributed by atoms with Crippen LogP contribution < -0.4 is 4.90 Å². The monoisotopic (exact) mass is 358 g/mol. The van der Waals surface area contributed by atoms with Crippen LogP contribution in [0.15, 0.2) is 36.5 Å². The van der Waals surface area contributed by atoms with Crippen LogP contribution in [-0.2, 0) is 11.2 Å². The fraction of sp³-hybridized carbons (Fsp3) is 0.333. The van der Waals surface area contributed by atoms with Crippen molar-refractivity contribution in [2.75, 3.05) is 31.1 Å². The second-order valence-corrected chi connectivity index (χ2v) is 6.22. The maximum Gasteiger partial charge on any atom is 0.290 e. The van der Waals surface area contributed by atoms with Crippen molar-refractivity contribution in [2.45, 2.75) is 13.3 Å². The van der Waals surface area contributed by atoms with Crippen molar-refractivity contribution in [3.8, 4) is 0 Å². The summed E-state index contributed by atoms with van der Waals surface area (Å²) in [5, 5.41) is 10.9. The molecule has 1 aliphatic rings. The van der Waals surface area contributed by atoms with Gasteiger partial charge >= 0.3 is 0 Å². The molecule has 0 atom stereocenters. The van der Waals surface area contributed by atoms with E-state index in [1.54, 1.807) is 36.1 Å². The number of anilines is 1. The topological polar surface area (TPSA) is 79.6 Å². The first-order chi connectivity index (χ1) is 12.5. The molecule has 7 nitrogen and oxygen atoms in total. The van der Waals surface area contributed by atoms with E-state index in [2.05, 4.69) is 4.98 Å². The molecule has 0 aliphatic carbocycles. The molecule has 0 unspecified atom stereocenters. The van der Waals surface area contributed by atoms with Crippen molar-refractivity contribution < 1.29 is 14.1 Å². The molecule has 1 aromatic heterocycles. The normalized spacial score (nSPS) is 14.4. The third kappa shape index (κ3) is 3.79. The predicted molar refractivity (Wildman–Crippen MR) is 94.5 cm³/mol. The van der Waals surface area contributed by atoms with Crippen molar-refractivity contribution in [3.63, 3.8) is 0 Å². The summed E-state index contributed by atoms with van der Waals surface area (Å²) >= 11 is 0. The smallest absolute Gasteiger partial charge is 0.290 e. The molecule has 26 heavy (non-hydrogen) atoms. The number of hydrogen-bond donors (Lipinski definition) is 0. The molecule has 1 saturated heterocycles. The average molecular weight is 358 g/mol. The standard InChI is InChI=1S/C18H19FN4O3/c1-13-10-17(20-12-16(13)23(25)26)21-6-8-22(9-7-21)18(24)11-14-4-2-3-5-15(14)19/h2-5,10,12H,6-9,11H2,1H3. The molecule has 2 heterocycles. The minimum atomic E-state index is -0.453. The molecule has 0 saturated carbocycles. The highest BCUT2D eigenvalue weighted by atomic mass is 19.1. The molecule has 1 fully saturated rings. The Morgan fingerprint density at radius 2 is 1.96 bits per heavy atom. The number of rotatable bonds is 4. The zero-order chi connectivity index (χ0) is 18.7. The number of carbonyl (C=O) groups is 1. The average Bonchev–Trinajstić information content (AvgIpc) is 2.63. The number of aromatic nitrogens is 1. The molecule has 8 heteroatoms. The van der Waals surface area contributed by atoms with Gasteiger partial charge in [-0.3, -0.25) is 14.9 Å². The van der Waals surface area contributed by atoms with E-state index in [9.17, 15) is 19.3 Å². The maximum absolute atomic E-state index is 13.7. The Morgan fingerprint density at radius 1 is 1.27 bits per heavy atom. The van der Waals surface area contributed by atoms with E-state index in [1.807, 2.05) is 4.90 Å². The van der Waals surface area contributed by atoms with Crippen molar-refractivity contribution >= 4 is 17.4 Å². The Balaban J connectivity index is 1.60. The van der Waals surface area contributed by atoms with Crippen molar-refractivity contribution in [1.29, 1.82) is 0 Å². The number of benzene rings is 1. The van der Waals surface area contributed by atoms with Crippen LogP contribution in [0.25, 0.3) is 0 Å². The van der Waals surface area contributed by atoms with Crippen molar-refractivity contribution in [1.82, 2.24) is 9.88 Å². The molecule has 0 spiro atoms. The summed E-state index contributed by atoms with van der Waals surface area (Å²) in [7, 11) is 0. The first kappa shape index (κ1) is 17.8. The summed E-state index contributed by atoms with van der Waals surface area (Å²) in [5.74, 6) is 0.182. The highest BCUT2D eigenvalue weighted by molar-refractivity contribution is 5.79. The Hall–Kier alpha value is -3.03. The van der Waals surface area contributed by atoms with Gasteiger partial charge in [-0.05, 0) is 24.6 Å². The van der Waals surface area contributed by atoms with Crippen LogP contribution in [0.4, 0.5) is 15.9 Å². The highest BCUT2D eigenvalue weighted by Gasteiger charge is 2.23. The number of halogens is 1. The van der Waals surface area contributed by atoms with E-state index in [-0.39, 0.29) is 23.8 Å². The van der Waals surface area contributed by atoms with Crippen LogP contribution in [0, 0.1) is 22.9 Å². The first-order valence-electron chi connectivity index (χ1n) is 8.33. The molecule has 3 rings (SSSR count). The van der Waals surface area contributed by atoms with Gasteiger partial charge in [-0.2, -0.15) is 0 Å². The second kappa shape index (κ2) is 7.47. The molecule has 0 bridgehead atoms. The number of amides is 1. The zero-order valence-corrected chi connectivity index (χ0v) is 14.4. The quantitative estimate of drug-likeness (QED) is 0.619. The fourth-order valence-corrected chi connectivity index (χ4v) is 3.00. The number of pyridine rings is 1. The number of nitro groups is 1. The maximum atomic E-state index is 13.7. The van der Waals surface area contributed by atoms with Gasteiger partial charge in [-0.25, -0.2) is 9.37 Å². The summed E-state index contributed by atoms with van der Waals surface area (Å²) in [6.07, 6.45) is 1.31. The SMILES string of the molecule is Cc1cc(N2CCN(C(=O)Cc3ccccc3F)CC2)ncc1[N+](=O)[O-]. The number of nitrogens with zero attached hydrogens (tertiary/aromatic N) is 4. The van der Waals surface area contributed by atoms with Crippen LogP contribution >= 0.6 is 0 Å². The van der Waals surface area contributed by atoms with Gasteiger partial charge < -0.3 is 9.80 Å². The Bertz CT molecular complexity index is 835. The largest absolute Gasteiger partial charge is 0.353 e. The number of carbonyl (C=O) groups excluding carboxylic acids is 1. The molecule has 136 valence electrons. The Kier molecular flexibility index (Phi) is 5.11. The summed E-state index contributed by atoms with van der Waals surface area (Å²) in [6, 6.07) is 7.97. The molecule has 1 aliphatic heterocycles. The van der Waals surface area contributed by atoms with Gasteiger partial charge in [-0.1, -0.05) is 18.2 Å². The number of aryl methyl sites for hydroxylation is 1. The van der Waals surface area contributed by atoms with Crippen LogP contribution in [0.1, 0.15) is 11.1 Å². The third-order valence-corrected chi connectivity index (χ3v) is 4.52. The van der Waals surface area contributed by atoms with Crippen LogP contribution in [-0.4, -0.2) is 46.9 Å². The molecule has 0 N–H and O–H groups in total. The van der Waals surface area contributed by atoms with Crippen LogP contribution in [0.2, 0.25) is 0 Å². The Morgan fingerprint density at radius 3 is 2.58 bits per heavy atom. The van der Waals surface area contributed by atoms with E-state index in [1.165, 1.54) is 12.3 Å². The number of piperazine rings is 1. The number of hydrogen-bond acceptors (Lipinski definition) is 5. The lowest BCUT2D eigenvalue weighted by molar-refractivity contribution is -0.385. The van der Waals surface area contributed by atoms with Crippen molar-refractivity contribution in [2.24, 2.45) is 0 Å². The summed E-state index contributed by atoms with van der Waals surface area (Å²) in [6.45, 7) is 3.84. The molecule has 1 aromatic carbocycles. The minimum Gasteiger partial charge on any atom is -0.353 e. The van der Waals surface area contributed by atoms with E-state index < -0.39 is 4.92 Å². The molecule has 0 radical (unpaired) electrons. The van der Waals surface area contributed by atoms with Gasteiger partial charge in [0.05, 0.1) is 11.3 Å². The lowest BCUT2D eigenvalue weighted by Crippen LogP contribution is -2.49. The third-order valence-electron chi connectivity index (χ3n) is 4.52. The van der Waals surface area contributed by atoms with Gasteiger partial charge in [-0.15, -0.1) is 0 Å². The van der Waals surface area contributed by atoms with E-state index in [0.717, 1.165) is 0 Å². The van der Waals surface area contributed by atoms with E-state index in [0.29, 0.717) is 43.1 Å². The summed E-state index contributed by atoms with van der Waals surface area (Å²) < 4.78 is 13.7. The van der Waals surface area contributed by atoms with Gasteiger partial charge in [0.1, 0.15) is 17.8 Å². The molecular formula is C18H19FN4O3. The first-order valence-corrected chi connectivity index (χ1v) is 8.33. The predicted octanol–water partition coefficient (Wildman–Crippen LogP) is 2.33. The van der Waals surface area contributed by atoms with Gasteiger partial charge in [0, 0.05) is 31.7 Å².